The van der Waals surface area contributed by atoms with E-state index in [4.69, 9.17) is 4.42 Å². The van der Waals surface area contributed by atoms with E-state index in [0.717, 1.165) is 0 Å². The molecule has 1 heterocycles. The zero-order valence-electron chi connectivity index (χ0n) is 12.6. The molecule has 0 amide bonds. The number of benzene rings is 2. The van der Waals surface area contributed by atoms with E-state index >= 15 is 0 Å². The van der Waals surface area contributed by atoms with Crippen LogP contribution in [0.15, 0.2) is 57.7 Å². The van der Waals surface area contributed by atoms with Crippen molar-refractivity contribution in [3.8, 4) is 22.8 Å². The minimum Gasteiger partial charge on any atom is -0.617 e. The first-order valence-corrected chi connectivity index (χ1v) is 8.65. The number of phenolic OH excluding ortho intramolecular Hbond substituents is 2. The molecule has 23 heavy (non-hydrogen) atoms. The lowest BCUT2D eigenvalue weighted by Crippen LogP contribution is -2.00. The first-order chi connectivity index (χ1) is 10.9. The van der Waals surface area contributed by atoms with Gasteiger partial charge in [-0.25, -0.2) is 0 Å². The van der Waals surface area contributed by atoms with E-state index in [1.54, 1.807) is 36.8 Å². The van der Waals surface area contributed by atoms with Crippen molar-refractivity contribution in [1.82, 2.24) is 0 Å². The smallest absolute Gasteiger partial charge is 0.197 e. The molecule has 2 N–H and O–H groups in total. The Balaban J connectivity index is 0.000000433. The lowest BCUT2D eigenvalue weighted by molar-refractivity contribution is 0.475. The Labute approximate surface area is 136 Å². The number of fused-ring (bicyclic) bond motifs is 1. The molecule has 0 bridgehead atoms. The maximum absolute atomic E-state index is 12.0. The van der Waals surface area contributed by atoms with Crippen LogP contribution < -0.4 is 5.43 Å². The normalized spacial score (nSPS) is 10.4. The molecule has 0 aliphatic rings. The number of aromatic hydroxyl groups is 2. The fourth-order valence-corrected chi connectivity index (χ4v) is 1.96. The minimum atomic E-state index is -0.611. The summed E-state index contributed by atoms with van der Waals surface area (Å²) in [6, 6.07) is 12.4. The van der Waals surface area contributed by atoms with Crippen molar-refractivity contribution in [2.24, 2.45) is 0 Å². The van der Waals surface area contributed by atoms with Crippen molar-refractivity contribution < 1.29 is 19.2 Å². The van der Waals surface area contributed by atoms with Crippen molar-refractivity contribution >= 4 is 22.1 Å². The van der Waals surface area contributed by atoms with Crippen LogP contribution in [0.3, 0.4) is 0 Å². The van der Waals surface area contributed by atoms with E-state index in [0.29, 0.717) is 16.9 Å². The van der Waals surface area contributed by atoms with Crippen LogP contribution in [0, 0.1) is 0 Å². The van der Waals surface area contributed by atoms with Gasteiger partial charge in [-0.3, -0.25) is 4.79 Å². The van der Waals surface area contributed by atoms with Gasteiger partial charge in [0, 0.05) is 11.6 Å². The van der Waals surface area contributed by atoms with Crippen molar-refractivity contribution in [3.63, 3.8) is 0 Å². The molecule has 0 fully saturated rings. The van der Waals surface area contributed by atoms with Gasteiger partial charge in [-0.1, -0.05) is 17.2 Å². The summed E-state index contributed by atoms with van der Waals surface area (Å²) in [5.74, 6) is 0.441. The monoisotopic (exact) mass is 332 g/mol. The molecule has 0 saturated carbocycles. The summed E-state index contributed by atoms with van der Waals surface area (Å²) in [6.45, 7) is 0. The quantitative estimate of drug-likeness (QED) is 0.668. The predicted octanol–water partition coefficient (Wildman–Crippen LogP) is 2.87. The molecule has 0 spiro atoms. The van der Waals surface area contributed by atoms with E-state index in [9.17, 15) is 19.6 Å². The number of hydrogen-bond donors (Lipinski definition) is 2. The molecule has 0 aliphatic carbocycles. The second-order valence-electron chi connectivity index (χ2n) is 4.91. The van der Waals surface area contributed by atoms with Crippen LogP contribution in [-0.4, -0.2) is 27.3 Å². The summed E-state index contributed by atoms with van der Waals surface area (Å²) < 4.78 is 15.2. The highest BCUT2D eigenvalue weighted by molar-refractivity contribution is 7.89. The van der Waals surface area contributed by atoms with Crippen LogP contribution in [0.1, 0.15) is 0 Å². The molecule has 3 rings (SSSR count). The van der Waals surface area contributed by atoms with Gasteiger partial charge in [0.25, 0.3) is 0 Å². The van der Waals surface area contributed by atoms with Gasteiger partial charge in [0.05, 0.1) is 12.5 Å². The Bertz CT molecular complexity index is 850. The SMILES string of the molecule is C[S+](C)[O-].O=c1cc(-c2ccc(O)cc2)oc2cccc(O)c12. The topological polar surface area (TPSA) is 93.7 Å². The molecule has 2 aromatic carbocycles. The van der Waals surface area contributed by atoms with Gasteiger partial charge in [0.1, 0.15) is 28.2 Å². The standard InChI is InChI=1S/C15H10O4.C2H6OS/c16-10-6-4-9(5-7-10)14-8-12(18)15-11(17)2-1-3-13(15)19-14;1-4(2)3/h1-8,16-17H;1-2H3. The molecule has 3 aromatic rings. The van der Waals surface area contributed by atoms with E-state index in [1.165, 1.54) is 24.3 Å². The summed E-state index contributed by atoms with van der Waals surface area (Å²) in [4.78, 5) is 12.0. The second-order valence-corrected chi connectivity index (χ2v) is 6.40. The van der Waals surface area contributed by atoms with Gasteiger partial charge < -0.3 is 19.2 Å². The van der Waals surface area contributed by atoms with Crippen LogP contribution in [0.5, 0.6) is 11.5 Å². The summed E-state index contributed by atoms with van der Waals surface area (Å²) in [6.07, 6.45) is 3.28. The summed E-state index contributed by atoms with van der Waals surface area (Å²) >= 11 is -0.611. The molecule has 0 atom stereocenters. The Hall–Kier alpha value is -2.44. The van der Waals surface area contributed by atoms with Gasteiger partial charge in [-0.2, -0.15) is 0 Å². The second kappa shape index (κ2) is 7.21. The van der Waals surface area contributed by atoms with Gasteiger partial charge in [0.2, 0.25) is 0 Å². The van der Waals surface area contributed by atoms with Crippen LogP contribution in [0.4, 0.5) is 0 Å². The minimum absolute atomic E-state index is 0.0940. The highest BCUT2D eigenvalue weighted by Gasteiger charge is 2.09. The van der Waals surface area contributed by atoms with E-state index in [2.05, 4.69) is 0 Å². The molecule has 0 aliphatic heterocycles. The van der Waals surface area contributed by atoms with Crippen LogP contribution in [0.25, 0.3) is 22.3 Å². The molecule has 0 unspecified atom stereocenters. The van der Waals surface area contributed by atoms with Crippen LogP contribution >= 0.6 is 0 Å². The third-order valence-electron chi connectivity index (χ3n) is 2.88. The highest BCUT2D eigenvalue weighted by Crippen LogP contribution is 2.27. The van der Waals surface area contributed by atoms with Gasteiger partial charge in [-0.15, -0.1) is 0 Å². The van der Waals surface area contributed by atoms with E-state index < -0.39 is 11.2 Å². The van der Waals surface area contributed by atoms with E-state index in [-0.39, 0.29) is 22.3 Å². The molecule has 0 saturated heterocycles. The Morgan fingerprint density at radius 3 is 2.26 bits per heavy atom. The predicted molar refractivity (Wildman–Crippen MR) is 91.2 cm³/mol. The molecule has 5 nitrogen and oxygen atoms in total. The molecule has 120 valence electrons. The maximum Gasteiger partial charge on any atom is 0.197 e. The lowest BCUT2D eigenvalue weighted by Gasteiger charge is -2.04. The van der Waals surface area contributed by atoms with Crippen molar-refractivity contribution in [3.05, 3.63) is 58.8 Å². The van der Waals surface area contributed by atoms with Crippen molar-refractivity contribution in [2.45, 2.75) is 0 Å². The largest absolute Gasteiger partial charge is 0.617 e. The van der Waals surface area contributed by atoms with Crippen molar-refractivity contribution in [1.29, 1.82) is 0 Å². The third kappa shape index (κ3) is 4.28. The van der Waals surface area contributed by atoms with Crippen molar-refractivity contribution in [2.75, 3.05) is 12.5 Å². The number of phenols is 2. The average molecular weight is 332 g/mol. The number of rotatable bonds is 1. The molecule has 1 aromatic heterocycles. The highest BCUT2D eigenvalue weighted by atomic mass is 32.2. The fraction of sp³-hybridized carbons (Fsp3) is 0.118. The number of hydrogen-bond acceptors (Lipinski definition) is 5. The van der Waals surface area contributed by atoms with Crippen LogP contribution in [-0.2, 0) is 11.2 Å². The first kappa shape index (κ1) is 16.9. The Morgan fingerprint density at radius 1 is 1.04 bits per heavy atom. The average Bonchev–Trinajstić information content (AvgIpc) is 2.47. The Kier molecular flexibility index (Phi) is 5.31. The van der Waals surface area contributed by atoms with Crippen LogP contribution in [0.2, 0.25) is 0 Å². The zero-order chi connectivity index (χ0) is 17.0. The van der Waals surface area contributed by atoms with Gasteiger partial charge >= 0.3 is 0 Å². The molecular formula is C17H16O5S. The van der Waals surface area contributed by atoms with Gasteiger partial charge in [-0.05, 0) is 36.4 Å². The molecule has 0 radical (unpaired) electrons. The first-order valence-electron chi connectivity index (χ1n) is 6.69. The third-order valence-corrected chi connectivity index (χ3v) is 2.88. The fourth-order valence-electron chi connectivity index (χ4n) is 1.96. The zero-order valence-corrected chi connectivity index (χ0v) is 13.5. The van der Waals surface area contributed by atoms with E-state index in [1.807, 2.05) is 0 Å². The molecule has 6 heteroatoms. The summed E-state index contributed by atoms with van der Waals surface area (Å²) in [5.41, 5.74) is 0.707. The van der Waals surface area contributed by atoms with Gasteiger partial charge in [0.15, 0.2) is 5.43 Å². The lowest BCUT2D eigenvalue weighted by atomic mass is 10.1. The summed E-state index contributed by atoms with van der Waals surface area (Å²) in [7, 11) is 0. The Morgan fingerprint density at radius 2 is 1.65 bits per heavy atom. The maximum atomic E-state index is 12.0. The summed E-state index contributed by atoms with van der Waals surface area (Å²) in [5, 5.41) is 19.1. The molecular weight excluding hydrogens is 316 g/mol.